The predicted octanol–water partition coefficient (Wildman–Crippen LogP) is 3.48. The van der Waals surface area contributed by atoms with Crippen molar-refractivity contribution in [1.82, 2.24) is 4.31 Å². The fraction of sp³-hybridized carbons (Fsp3) is 0.278. The maximum absolute atomic E-state index is 12.9. The van der Waals surface area contributed by atoms with E-state index in [1.165, 1.54) is 22.5 Å². The molecule has 3 rings (SSSR count). The Hall–Kier alpha value is -1.45. The van der Waals surface area contributed by atoms with Crippen LogP contribution in [0.4, 0.5) is 0 Å². The van der Waals surface area contributed by atoms with Gasteiger partial charge in [0.1, 0.15) is 6.61 Å². The summed E-state index contributed by atoms with van der Waals surface area (Å²) in [6.07, 6.45) is 0. The summed E-state index contributed by atoms with van der Waals surface area (Å²) in [5.41, 5.74) is 0.904. The highest BCUT2D eigenvalue weighted by atomic mass is 79.9. The predicted molar refractivity (Wildman–Crippen MR) is 104 cm³/mol. The van der Waals surface area contributed by atoms with Crippen LogP contribution in [0.15, 0.2) is 51.8 Å². The summed E-state index contributed by atoms with van der Waals surface area (Å²) in [6, 6.07) is 11.4. The topological polar surface area (TPSA) is 72.9 Å². The van der Waals surface area contributed by atoms with E-state index in [1.54, 1.807) is 24.3 Å². The molecule has 0 N–H and O–H groups in total. The lowest BCUT2D eigenvalue weighted by Gasteiger charge is -2.26. The Morgan fingerprint density at radius 2 is 1.93 bits per heavy atom. The Kier molecular flexibility index (Phi) is 6.54. The molecule has 1 aliphatic rings. The highest BCUT2D eigenvalue weighted by Gasteiger charge is 2.29. The van der Waals surface area contributed by atoms with E-state index in [4.69, 9.17) is 21.1 Å². The van der Waals surface area contributed by atoms with Crippen molar-refractivity contribution in [2.75, 3.05) is 26.3 Å². The quantitative estimate of drug-likeness (QED) is 0.620. The standard InChI is InChI=1S/C18H17BrClNO5S/c19-16-5-4-14(18(22)26-12-13-2-1-3-15(20)10-13)11-17(16)27(23,24)21-6-8-25-9-7-21/h1-5,10-11H,6-9,12H2. The fourth-order valence-electron chi connectivity index (χ4n) is 2.61. The molecule has 1 heterocycles. The van der Waals surface area contributed by atoms with Crippen LogP contribution in [0.1, 0.15) is 15.9 Å². The third-order valence-electron chi connectivity index (χ3n) is 4.01. The summed E-state index contributed by atoms with van der Waals surface area (Å²) in [5, 5.41) is 0.547. The zero-order chi connectivity index (χ0) is 19.4. The minimum atomic E-state index is -3.74. The average molecular weight is 475 g/mol. The number of morpholine rings is 1. The molecule has 0 bridgehead atoms. The van der Waals surface area contributed by atoms with E-state index in [0.29, 0.717) is 22.7 Å². The Morgan fingerprint density at radius 1 is 1.19 bits per heavy atom. The van der Waals surface area contributed by atoms with Crippen LogP contribution in [-0.4, -0.2) is 45.0 Å². The summed E-state index contributed by atoms with van der Waals surface area (Å²) < 4.78 is 38.0. The Balaban J connectivity index is 1.79. The van der Waals surface area contributed by atoms with Crippen LogP contribution in [0.25, 0.3) is 0 Å². The van der Waals surface area contributed by atoms with Crippen molar-refractivity contribution in [3.05, 3.63) is 63.1 Å². The molecule has 2 aromatic rings. The Bertz CT molecular complexity index is 945. The maximum Gasteiger partial charge on any atom is 0.338 e. The number of hydrogen-bond acceptors (Lipinski definition) is 5. The lowest BCUT2D eigenvalue weighted by molar-refractivity contribution is 0.0472. The second-order valence-corrected chi connectivity index (χ2v) is 9.06. The van der Waals surface area contributed by atoms with Crippen LogP contribution in [0, 0.1) is 0 Å². The van der Waals surface area contributed by atoms with Crippen LogP contribution in [-0.2, 0) is 26.1 Å². The highest BCUT2D eigenvalue weighted by Crippen LogP contribution is 2.27. The van der Waals surface area contributed by atoms with Gasteiger partial charge >= 0.3 is 5.97 Å². The van der Waals surface area contributed by atoms with E-state index in [2.05, 4.69) is 15.9 Å². The lowest BCUT2D eigenvalue weighted by atomic mass is 10.2. The number of ether oxygens (including phenoxy) is 2. The number of halogens is 2. The molecular formula is C18H17BrClNO5S. The Morgan fingerprint density at radius 3 is 2.63 bits per heavy atom. The van der Waals surface area contributed by atoms with Gasteiger partial charge in [-0.05, 0) is 51.8 Å². The smallest absolute Gasteiger partial charge is 0.338 e. The first-order valence-corrected chi connectivity index (χ1v) is 10.8. The maximum atomic E-state index is 12.9. The Labute approximate surface area is 171 Å². The molecule has 0 amide bonds. The van der Waals surface area contributed by atoms with E-state index in [1.807, 2.05) is 0 Å². The molecule has 0 unspecified atom stereocenters. The zero-order valence-electron chi connectivity index (χ0n) is 14.2. The van der Waals surface area contributed by atoms with Crippen molar-refractivity contribution in [2.45, 2.75) is 11.5 Å². The second-order valence-electron chi connectivity index (χ2n) is 5.87. The molecule has 0 aromatic heterocycles. The molecule has 6 nitrogen and oxygen atoms in total. The SMILES string of the molecule is O=C(OCc1cccc(Cl)c1)c1ccc(Br)c(S(=O)(=O)N2CCOCC2)c1. The molecule has 0 saturated carbocycles. The number of carbonyl (C=O) groups is 1. The summed E-state index contributed by atoms with van der Waals surface area (Å²) in [4.78, 5) is 12.4. The van der Waals surface area contributed by atoms with Gasteiger partial charge in [-0.25, -0.2) is 13.2 Å². The van der Waals surface area contributed by atoms with E-state index in [-0.39, 0.29) is 30.2 Å². The minimum absolute atomic E-state index is 0.0293. The van der Waals surface area contributed by atoms with Gasteiger partial charge < -0.3 is 9.47 Å². The molecule has 0 aliphatic carbocycles. The van der Waals surface area contributed by atoms with Crippen LogP contribution >= 0.6 is 27.5 Å². The number of nitrogens with zero attached hydrogens (tertiary/aromatic N) is 1. The van der Waals surface area contributed by atoms with Gasteiger partial charge in [0.05, 0.1) is 23.7 Å². The van der Waals surface area contributed by atoms with E-state index in [9.17, 15) is 13.2 Å². The van der Waals surface area contributed by atoms with Crippen molar-refractivity contribution in [3.8, 4) is 0 Å². The van der Waals surface area contributed by atoms with Gasteiger partial charge in [0.25, 0.3) is 0 Å². The third-order valence-corrected chi connectivity index (χ3v) is 7.14. The van der Waals surface area contributed by atoms with Crippen LogP contribution in [0.5, 0.6) is 0 Å². The lowest BCUT2D eigenvalue weighted by Crippen LogP contribution is -2.40. The second kappa shape index (κ2) is 8.70. The first kappa shape index (κ1) is 20.3. The molecule has 0 spiro atoms. The average Bonchev–Trinajstić information content (AvgIpc) is 2.67. The van der Waals surface area contributed by atoms with E-state index >= 15 is 0 Å². The normalized spacial score (nSPS) is 15.5. The van der Waals surface area contributed by atoms with E-state index < -0.39 is 16.0 Å². The minimum Gasteiger partial charge on any atom is -0.457 e. The molecule has 0 atom stereocenters. The molecule has 1 saturated heterocycles. The first-order valence-electron chi connectivity index (χ1n) is 8.17. The summed E-state index contributed by atoms with van der Waals surface area (Å²) >= 11 is 9.18. The fourth-order valence-corrected chi connectivity index (χ4v) is 5.18. The molecule has 1 aliphatic heterocycles. The zero-order valence-corrected chi connectivity index (χ0v) is 17.4. The number of hydrogen-bond donors (Lipinski definition) is 0. The van der Waals surface area contributed by atoms with Gasteiger partial charge in [-0.2, -0.15) is 4.31 Å². The van der Waals surface area contributed by atoms with Crippen LogP contribution < -0.4 is 0 Å². The van der Waals surface area contributed by atoms with E-state index in [0.717, 1.165) is 5.56 Å². The van der Waals surface area contributed by atoms with Crippen LogP contribution in [0.3, 0.4) is 0 Å². The number of rotatable bonds is 5. The number of benzene rings is 2. The van der Waals surface area contributed by atoms with Crippen molar-refractivity contribution < 1.29 is 22.7 Å². The van der Waals surface area contributed by atoms with Gasteiger partial charge in [0.15, 0.2) is 0 Å². The molecule has 2 aromatic carbocycles. The van der Waals surface area contributed by atoms with Gasteiger partial charge in [0, 0.05) is 22.6 Å². The largest absolute Gasteiger partial charge is 0.457 e. The first-order chi connectivity index (χ1) is 12.9. The summed E-state index contributed by atoms with van der Waals surface area (Å²) in [5.74, 6) is -0.610. The van der Waals surface area contributed by atoms with Crippen molar-refractivity contribution in [1.29, 1.82) is 0 Å². The highest BCUT2D eigenvalue weighted by molar-refractivity contribution is 9.10. The van der Waals surface area contributed by atoms with Crippen molar-refractivity contribution in [2.24, 2.45) is 0 Å². The van der Waals surface area contributed by atoms with Gasteiger partial charge in [-0.1, -0.05) is 23.7 Å². The molecule has 9 heteroatoms. The molecule has 27 heavy (non-hydrogen) atoms. The molecular weight excluding hydrogens is 458 g/mol. The summed E-state index contributed by atoms with van der Waals surface area (Å²) in [6.45, 7) is 1.29. The van der Waals surface area contributed by atoms with Gasteiger partial charge in [-0.15, -0.1) is 0 Å². The number of esters is 1. The van der Waals surface area contributed by atoms with Crippen LogP contribution in [0.2, 0.25) is 5.02 Å². The molecule has 1 fully saturated rings. The van der Waals surface area contributed by atoms with Crippen molar-refractivity contribution >= 4 is 43.5 Å². The summed E-state index contributed by atoms with van der Waals surface area (Å²) in [7, 11) is -3.74. The van der Waals surface area contributed by atoms with Gasteiger partial charge in [0.2, 0.25) is 10.0 Å². The molecule has 0 radical (unpaired) electrons. The monoisotopic (exact) mass is 473 g/mol. The van der Waals surface area contributed by atoms with Gasteiger partial charge in [-0.3, -0.25) is 0 Å². The third kappa shape index (κ3) is 4.89. The number of sulfonamides is 1. The number of carbonyl (C=O) groups excluding carboxylic acids is 1. The molecule has 144 valence electrons. The van der Waals surface area contributed by atoms with Crippen molar-refractivity contribution in [3.63, 3.8) is 0 Å².